The van der Waals surface area contributed by atoms with Gasteiger partial charge in [0.25, 0.3) is 0 Å². The van der Waals surface area contributed by atoms with Crippen molar-refractivity contribution in [3.05, 3.63) is 29.8 Å². The van der Waals surface area contributed by atoms with Crippen LogP contribution in [0.4, 0.5) is 17.6 Å². The van der Waals surface area contributed by atoms with Crippen molar-refractivity contribution in [3.8, 4) is 11.5 Å². The summed E-state index contributed by atoms with van der Waals surface area (Å²) < 4.78 is 10.9. The highest BCUT2D eigenvalue weighted by atomic mass is 32.1. The fraction of sp³-hybridized carbons (Fsp3) is 0.560. The van der Waals surface area contributed by atoms with Gasteiger partial charge in [0.15, 0.2) is 16.6 Å². The first kappa shape index (κ1) is 23.0. The predicted octanol–water partition coefficient (Wildman–Crippen LogP) is 4.31. The van der Waals surface area contributed by atoms with E-state index in [0.717, 1.165) is 48.3 Å². The largest absolute Gasteiger partial charge is 0.454 e. The summed E-state index contributed by atoms with van der Waals surface area (Å²) >= 11 is 5.59. The van der Waals surface area contributed by atoms with E-state index in [2.05, 4.69) is 40.3 Å². The molecule has 4 heterocycles. The van der Waals surface area contributed by atoms with Crippen molar-refractivity contribution in [2.45, 2.75) is 58.5 Å². The molecule has 1 aromatic carbocycles. The maximum atomic E-state index is 5.59. The van der Waals surface area contributed by atoms with Gasteiger partial charge >= 0.3 is 0 Å². The van der Waals surface area contributed by atoms with Gasteiger partial charge in [0, 0.05) is 38.3 Å². The van der Waals surface area contributed by atoms with E-state index in [1.807, 2.05) is 18.2 Å². The molecule has 3 aliphatic heterocycles. The highest BCUT2D eigenvalue weighted by molar-refractivity contribution is 7.80. The van der Waals surface area contributed by atoms with E-state index in [0.29, 0.717) is 29.6 Å². The number of ether oxygens (including phenoxy) is 2. The zero-order chi connectivity index (χ0) is 23.5. The number of nitrogens with zero attached hydrogens (tertiary/aromatic N) is 4. The summed E-state index contributed by atoms with van der Waals surface area (Å²) in [6.07, 6.45) is 6.13. The van der Waals surface area contributed by atoms with Crippen LogP contribution in [0.25, 0.3) is 0 Å². The summed E-state index contributed by atoms with van der Waals surface area (Å²) in [5, 5.41) is 7.01. The fourth-order valence-corrected chi connectivity index (χ4v) is 5.17. The average Bonchev–Trinajstić information content (AvgIpc) is 3.31. The number of hydrogen-bond donors (Lipinski definition) is 2. The van der Waals surface area contributed by atoms with Crippen LogP contribution in [0.1, 0.15) is 51.5 Å². The van der Waals surface area contributed by atoms with E-state index in [1.165, 1.54) is 32.1 Å². The Morgan fingerprint density at radius 3 is 2.74 bits per heavy atom. The van der Waals surface area contributed by atoms with Gasteiger partial charge in [0.2, 0.25) is 12.7 Å². The van der Waals surface area contributed by atoms with Gasteiger partial charge in [-0.1, -0.05) is 13.0 Å². The van der Waals surface area contributed by atoms with Crippen molar-refractivity contribution in [1.29, 1.82) is 0 Å². The van der Waals surface area contributed by atoms with Crippen LogP contribution in [-0.4, -0.2) is 47.5 Å². The lowest BCUT2D eigenvalue weighted by atomic mass is 10.0. The monoisotopic (exact) mass is 482 g/mol. The highest BCUT2D eigenvalue weighted by Crippen LogP contribution is 2.32. The minimum absolute atomic E-state index is 0.271. The van der Waals surface area contributed by atoms with Gasteiger partial charge in [0.05, 0.1) is 0 Å². The zero-order valence-electron chi connectivity index (χ0n) is 20.0. The molecule has 0 bridgehead atoms. The first-order valence-corrected chi connectivity index (χ1v) is 12.8. The number of nitrogens with one attached hydrogen (secondary N) is 2. The van der Waals surface area contributed by atoms with Crippen LogP contribution in [0.3, 0.4) is 0 Å². The second-order valence-electron chi connectivity index (χ2n) is 9.63. The van der Waals surface area contributed by atoms with Gasteiger partial charge in [-0.3, -0.25) is 0 Å². The number of aromatic nitrogens is 2. The summed E-state index contributed by atoms with van der Waals surface area (Å²) in [5.74, 6) is 4.73. The Morgan fingerprint density at radius 1 is 1.03 bits per heavy atom. The Hall–Kier alpha value is -2.81. The standard InChI is InChI=1S/C25H34N6O2S/c1-17-6-5-10-30(15-17)22-13-23(31-11-4-3-7-18(31)2)28-24(27-22)29-25(34)26-14-19-8-9-20-21(12-19)33-16-32-20/h8-9,12-13,17-18H,3-7,10-11,14-16H2,1-2H3,(H2,26,27,28,29,34)/t17-,18-/m1/s1. The lowest BCUT2D eigenvalue weighted by Crippen LogP contribution is -2.39. The van der Waals surface area contributed by atoms with Gasteiger partial charge < -0.3 is 29.9 Å². The molecule has 0 radical (unpaired) electrons. The van der Waals surface area contributed by atoms with Crippen LogP contribution in [0.15, 0.2) is 24.3 Å². The van der Waals surface area contributed by atoms with Crippen LogP contribution in [0.5, 0.6) is 11.5 Å². The topological polar surface area (TPSA) is 74.8 Å². The number of thiocarbonyl (C=S) groups is 1. The Labute approximate surface area is 207 Å². The summed E-state index contributed by atoms with van der Waals surface area (Å²) in [6.45, 7) is 8.53. The molecule has 1 aromatic heterocycles. The van der Waals surface area contributed by atoms with Gasteiger partial charge in [0.1, 0.15) is 11.6 Å². The van der Waals surface area contributed by atoms with Gasteiger partial charge in [-0.05, 0) is 74.9 Å². The third kappa shape index (κ3) is 5.29. The van der Waals surface area contributed by atoms with E-state index in [1.54, 1.807) is 0 Å². The fourth-order valence-electron chi connectivity index (χ4n) is 5.00. The highest BCUT2D eigenvalue weighted by Gasteiger charge is 2.24. The molecule has 9 heteroatoms. The number of hydrogen-bond acceptors (Lipinski definition) is 7. The van der Waals surface area contributed by atoms with Gasteiger partial charge in [-0.2, -0.15) is 9.97 Å². The molecule has 34 heavy (non-hydrogen) atoms. The number of benzene rings is 1. The zero-order valence-corrected chi connectivity index (χ0v) is 20.9. The maximum Gasteiger partial charge on any atom is 0.232 e. The summed E-state index contributed by atoms with van der Waals surface area (Å²) in [6, 6.07) is 8.54. The van der Waals surface area contributed by atoms with Crippen LogP contribution < -0.4 is 29.9 Å². The van der Waals surface area contributed by atoms with Crippen LogP contribution >= 0.6 is 12.2 Å². The molecule has 0 amide bonds. The molecular formula is C25H34N6O2S. The van der Waals surface area contributed by atoms with E-state index in [4.69, 9.17) is 31.7 Å². The minimum Gasteiger partial charge on any atom is -0.454 e. The number of rotatable bonds is 5. The van der Waals surface area contributed by atoms with E-state index < -0.39 is 0 Å². The molecule has 0 saturated carbocycles. The second-order valence-corrected chi connectivity index (χ2v) is 10.0. The molecule has 8 nitrogen and oxygen atoms in total. The van der Waals surface area contributed by atoms with Gasteiger partial charge in [-0.25, -0.2) is 0 Å². The number of piperidine rings is 2. The summed E-state index contributed by atoms with van der Waals surface area (Å²) in [4.78, 5) is 14.5. The van der Waals surface area contributed by atoms with Crippen LogP contribution in [0.2, 0.25) is 0 Å². The van der Waals surface area contributed by atoms with E-state index in [9.17, 15) is 0 Å². The molecular weight excluding hydrogens is 448 g/mol. The van der Waals surface area contributed by atoms with E-state index >= 15 is 0 Å². The molecule has 0 spiro atoms. The van der Waals surface area contributed by atoms with Crippen LogP contribution in [-0.2, 0) is 6.54 Å². The van der Waals surface area contributed by atoms with Crippen molar-refractivity contribution < 1.29 is 9.47 Å². The SMILES string of the molecule is C[C@@H]1CCCN(c2cc(N3CCCC[C@H]3C)nc(NC(=S)NCc3ccc4c(c3)OCO4)n2)C1. The van der Waals surface area contributed by atoms with Gasteiger partial charge in [-0.15, -0.1) is 0 Å². The van der Waals surface area contributed by atoms with Crippen molar-refractivity contribution in [2.24, 2.45) is 5.92 Å². The number of fused-ring (bicyclic) bond motifs is 1. The first-order valence-electron chi connectivity index (χ1n) is 12.4. The molecule has 3 aliphatic rings. The average molecular weight is 483 g/mol. The molecule has 2 N–H and O–H groups in total. The Morgan fingerprint density at radius 2 is 1.88 bits per heavy atom. The predicted molar refractivity (Wildman–Crippen MR) is 139 cm³/mol. The van der Waals surface area contributed by atoms with Crippen LogP contribution in [0, 0.1) is 5.92 Å². The molecule has 2 atom stereocenters. The molecule has 182 valence electrons. The quantitative estimate of drug-likeness (QED) is 0.607. The lowest BCUT2D eigenvalue weighted by Gasteiger charge is -2.36. The van der Waals surface area contributed by atoms with Crippen molar-refractivity contribution in [3.63, 3.8) is 0 Å². The third-order valence-electron chi connectivity index (χ3n) is 6.89. The minimum atomic E-state index is 0.271. The second kappa shape index (κ2) is 10.2. The van der Waals surface area contributed by atoms with Crippen molar-refractivity contribution in [1.82, 2.24) is 15.3 Å². The summed E-state index contributed by atoms with van der Waals surface area (Å²) in [7, 11) is 0. The first-order chi connectivity index (χ1) is 16.5. The van der Waals surface area contributed by atoms with Crippen molar-refractivity contribution in [2.75, 3.05) is 41.5 Å². The molecule has 2 fully saturated rings. The van der Waals surface area contributed by atoms with Crippen molar-refractivity contribution >= 4 is 34.9 Å². The smallest absolute Gasteiger partial charge is 0.232 e. The maximum absolute atomic E-state index is 5.59. The normalized spacial score (nSPS) is 21.9. The van der Waals surface area contributed by atoms with E-state index in [-0.39, 0.29) is 6.79 Å². The summed E-state index contributed by atoms with van der Waals surface area (Å²) in [5.41, 5.74) is 1.06. The molecule has 2 saturated heterocycles. The molecule has 2 aromatic rings. The molecule has 5 rings (SSSR count). The number of anilines is 3. The Bertz CT molecular complexity index is 1030. The lowest BCUT2D eigenvalue weighted by molar-refractivity contribution is 0.174. The third-order valence-corrected chi connectivity index (χ3v) is 7.14. The Kier molecular flexibility index (Phi) is 6.89. The molecule has 0 unspecified atom stereocenters. The Balaban J connectivity index is 1.31. The molecule has 0 aliphatic carbocycles.